The number of anilines is 1. The molecule has 0 unspecified atom stereocenters. The predicted molar refractivity (Wildman–Crippen MR) is 118 cm³/mol. The van der Waals surface area contributed by atoms with Crippen molar-refractivity contribution in [3.63, 3.8) is 0 Å². The number of amides is 1. The number of carbonyl (C=O) groups is 1. The maximum absolute atomic E-state index is 12.5. The first-order valence-electron chi connectivity index (χ1n) is 9.83. The van der Waals surface area contributed by atoms with Crippen molar-refractivity contribution in [1.29, 1.82) is 0 Å². The van der Waals surface area contributed by atoms with Crippen LogP contribution in [-0.2, 0) is 0 Å². The maximum Gasteiger partial charge on any atom is 0.277 e. The van der Waals surface area contributed by atoms with Crippen LogP contribution in [0.1, 0.15) is 10.5 Å². The summed E-state index contributed by atoms with van der Waals surface area (Å²) in [5.74, 6) is 1.80. The third kappa shape index (κ3) is 4.24. The lowest BCUT2D eigenvalue weighted by Gasteiger charge is -2.07. The van der Waals surface area contributed by atoms with Crippen LogP contribution in [0.25, 0.3) is 17.1 Å². The van der Waals surface area contributed by atoms with Crippen molar-refractivity contribution in [2.45, 2.75) is 0 Å². The van der Waals surface area contributed by atoms with E-state index in [2.05, 4.69) is 20.7 Å². The van der Waals surface area contributed by atoms with Gasteiger partial charge in [0.25, 0.3) is 5.91 Å². The molecule has 1 amide bonds. The van der Waals surface area contributed by atoms with Crippen LogP contribution in [0.4, 0.5) is 5.69 Å². The molecule has 156 valence electrons. The summed E-state index contributed by atoms with van der Waals surface area (Å²) >= 11 is 0. The monoisotopic (exact) mass is 423 g/mol. The molecule has 8 heteroatoms. The van der Waals surface area contributed by atoms with Crippen molar-refractivity contribution < 1.29 is 14.1 Å². The molecule has 0 saturated heterocycles. The number of hydrogen-bond acceptors (Lipinski definition) is 6. The molecule has 0 spiro atoms. The number of ether oxygens (including phenoxy) is 1. The van der Waals surface area contributed by atoms with Gasteiger partial charge in [0.15, 0.2) is 17.3 Å². The highest BCUT2D eigenvalue weighted by Gasteiger charge is 2.14. The van der Waals surface area contributed by atoms with Crippen molar-refractivity contribution in [2.75, 3.05) is 5.32 Å². The Morgan fingerprint density at radius 3 is 2.38 bits per heavy atom. The smallest absolute Gasteiger partial charge is 0.277 e. The summed E-state index contributed by atoms with van der Waals surface area (Å²) in [5, 5.41) is 14.9. The number of nitrogens with zero attached hydrogens (tertiary/aromatic N) is 4. The Bertz CT molecular complexity index is 1310. The Morgan fingerprint density at radius 1 is 0.875 bits per heavy atom. The van der Waals surface area contributed by atoms with E-state index in [4.69, 9.17) is 9.26 Å². The second-order valence-corrected chi connectivity index (χ2v) is 6.84. The van der Waals surface area contributed by atoms with Gasteiger partial charge < -0.3 is 19.1 Å². The van der Waals surface area contributed by atoms with E-state index in [9.17, 15) is 4.79 Å². The lowest BCUT2D eigenvalue weighted by Crippen LogP contribution is -2.11. The minimum atomic E-state index is -0.365. The zero-order valence-electron chi connectivity index (χ0n) is 16.8. The molecule has 3 aromatic heterocycles. The van der Waals surface area contributed by atoms with E-state index >= 15 is 0 Å². The molecule has 3 heterocycles. The van der Waals surface area contributed by atoms with Crippen LogP contribution < -0.4 is 10.1 Å². The highest BCUT2D eigenvalue weighted by Crippen LogP contribution is 2.23. The van der Waals surface area contributed by atoms with Gasteiger partial charge in [-0.2, -0.15) is 0 Å². The molecule has 8 nitrogen and oxygen atoms in total. The Kier molecular flexibility index (Phi) is 5.15. The van der Waals surface area contributed by atoms with Gasteiger partial charge in [0.2, 0.25) is 5.88 Å². The molecule has 1 N–H and O–H groups in total. The maximum atomic E-state index is 12.5. The zero-order chi connectivity index (χ0) is 21.8. The van der Waals surface area contributed by atoms with Crippen molar-refractivity contribution in [1.82, 2.24) is 19.9 Å². The summed E-state index contributed by atoms with van der Waals surface area (Å²) in [5.41, 5.74) is 1.65. The summed E-state index contributed by atoms with van der Waals surface area (Å²) in [7, 11) is 0. The van der Waals surface area contributed by atoms with Gasteiger partial charge >= 0.3 is 0 Å². The average molecular weight is 423 g/mol. The summed E-state index contributed by atoms with van der Waals surface area (Å²) in [6, 6.07) is 25.4. The standard InChI is InChI=1S/C24H17N5O3/c30-24(20-16-21(32-28-20)17-6-2-1-3-7-17)25-18-8-10-19(11-9-18)31-23-13-12-22(26-27-23)29-14-4-5-15-29/h1-16H,(H,25,30). The third-order valence-electron chi connectivity index (χ3n) is 4.63. The largest absolute Gasteiger partial charge is 0.438 e. The van der Waals surface area contributed by atoms with Gasteiger partial charge in [-0.05, 0) is 42.5 Å². The number of carbonyl (C=O) groups excluding carboxylic acids is 1. The molecule has 0 atom stereocenters. The summed E-state index contributed by atoms with van der Waals surface area (Å²) < 4.78 is 12.9. The molecule has 32 heavy (non-hydrogen) atoms. The first kappa shape index (κ1) is 19.3. The molecule has 0 fully saturated rings. The summed E-state index contributed by atoms with van der Waals surface area (Å²) in [6.07, 6.45) is 3.78. The summed E-state index contributed by atoms with van der Waals surface area (Å²) in [4.78, 5) is 12.5. The minimum absolute atomic E-state index is 0.197. The molecule has 0 radical (unpaired) electrons. The van der Waals surface area contributed by atoms with Crippen molar-refractivity contribution >= 4 is 11.6 Å². The molecule has 0 saturated carbocycles. The normalized spacial score (nSPS) is 10.6. The molecule has 5 rings (SSSR count). The first-order chi connectivity index (χ1) is 15.7. The molecule has 0 aliphatic rings. The van der Waals surface area contributed by atoms with E-state index in [0.717, 1.165) is 5.56 Å². The Labute approximate surface area is 183 Å². The highest BCUT2D eigenvalue weighted by atomic mass is 16.5. The molecule has 2 aromatic carbocycles. The molecule has 0 aliphatic carbocycles. The van der Waals surface area contributed by atoms with Crippen molar-refractivity contribution in [3.8, 4) is 28.8 Å². The van der Waals surface area contributed by atoms with Crippen LogP contribution in [0.5, 0.6) is 11.6 Å². The lowest BCUT2D eigenvalue weighted by molar-refractivity contribution is 0.101. The minimum Gasteiger partial charge on any atom is -0.438 e. The number of benzene rings is 2. The van der Waals surface area contributed by atoms with Crippen molar-refractivity contribution in [2.24, 2.45) is 0 Å². The van der Waals surface area contributed by atoms with Gasteiger partial charge in [0.1, 0.15) is 5.75 Å². The highest BCUT2D eigenvalue weighted by molar-refractivity contribution is 6.03. The quantitative estimate of drug-likeness (QED) is 0.414. The van der Waals surface area contributed by atoms with Crippen LogP contribution in [0.3, 0.4) is 0 Å². The SMILES string of the molecule is O=C(Nc1ccc(Oc2ccc(-n3cccc3)nn2)cc1)c1cc(-c2ccccc2)on1. The Morgan fingerprint density at radius 2 is 1.66 bits per heavy atom. The molecular formula is C24H17N5O3. The fourth-order valence-electron chi connectivity index (χ4n) is 3.04. The van der Waals surface area contributed by atoms with Gasteiger partial charge in [-0.15, -0.1) is 10.2 Å². The van der Waals surface area contributed by atoms with Crippen LogP contribution in [-0.4, -0.2) is 25.8 Å². The molecule has 0 bridgehead atoms. The lowest BCUT2D eigenvalue weighted by atomic mass is 10.1. The van der Waals surface area contributed by atoms with Gasteiger partial charge in [-0.3, -0.25) is 4.79 Å². The number of hydrogen-bond donors (Lipinski definition) is 1. The van der Waals surface area contributed by atoms with Gasteiger partial charge in [0, 0.05) is 35.8 Å². The van der Waals surface area contributed by atoms with Crippen LogP contribution in [0.2, 0.25) is 0 Å². The van der Waals surface area contributed by atoms with E-state index in [0.29, 0.717) is 28.9 Å². The van der Waals surface area contributed by atoms with Gasteiger partial charge in [-0.25, -0.2) is 0 Å². The average Bonchev–Trinajstić information content (AvgIpc) is 3.54. The third-order valence-corrected chi connectivity index (χ3v) is 4.63. The molecule has 0 aliphatic heterocycles. The number of nitrogens with one attached hydrogen (secondary N) is 1. The zero-order valence-corrected chi connectivity index (χ0v) is 16.8. The number of rotatable bonds is 6. The second-order valence-electron chi connectivity index (χ2n) is 6.84. The van der Waals surface area contributed by atoms with E-state index in [1.54, 1.807) is 36.4 Å². The number of aromatic nitrogens is 4. The fraction of sp³-hybridized carbons (Fsp3) is 0. The Hall–Kier alpha value is -4.72. The van der Waals surface area contributed by atoms with Crippen LogP contribution >= 0.6 is 0 Å². The van der Waals surface area contributed by atoms with Crippen LogP contribution in [0.15, 0.2) is 102 Å². The second kappa shape index (κ2) is 8.57. The van der Waals surface area contributed by atoms with Gasteiger partial charge in [-0.1, -0.05) is 35.5 Å². The predicted octanol–water partition coefficient (Wildman–Crippen LogP) is 4.97. The van der Waals surface area contributed by atoms with Crippen LogP contribution in [0, 0.1) is 0 Å². The van der Waals surface area contributed by atoms with E-state index in [1.807, 2.05) is 65.5 Å². The summed E-state index contributed by atoms with van der Waals surface area (Å²) in [6.45, 7) is 0. The molecular weight excluding hydrogens is 406 g/mol. The molecule has 5 aromatic rings. The van der Waals surface area contributed by atoms with E-state index < -0.39 is 0 Å². The Balaban J connectivity index is 1.21. The fourth-order valence-corrected chi connectivity index (χ4v) is 3.04. The van der Waals surface area contributed by atoms with E-state index in [1.165, 1.54) is 0 Å². The van der Waals surface area contributed by atoms with Crippen molar-refractivity contribution in [3.05, 3.63) is 103 Å². The topological polar surface area (TPSA) is 95.1 Å². The first-order valence-corrected chi connectivity index (χ1v) is 9.83. The van der Waals surface area contributed by atoms with Gasteiger partial charge in [0.05, 0.1) is 0 Å². The van der Waals surface area contributed by atoms with E-state index in [-0.39, 0.29) is 11.6 Å².